The average Bonchev–Trinajstić information content (AvgIpc) is 3.01. The summed E-state index contributed by atoms with van der Waals surface area (Å²) in [4.78, 5) is 45.0. The first-order valence-electron chi connectivity index (χ1n) is 10.4. The number of pyridine rings is 1. The lowest BCUT2D eigenvalue weighted by atomic mass is 9.89. The Morgan fingerprint density at radius 2 is 1.82 bits per heavy atom. The number of carbonyl (C=O) groups excluding carboxylic acids is 3. The molecule has 0 fully saturated rings. The number of allylic oxidation sites excluding steroid dienone is 2. The van der Waals surface area contributed by atoms with E-state index in [1.807, 2.05) is 0 Å². The third kappa shape index (κ3) is 3.25. The standard InChI is InChI=1S/C25H18N2O7/c1-2-33-25(32)13-5-8-18-14(10-13)12-27(15-4-3-9-26-11-15)21-22(30)19-16(28)6-7-17(29)20(19)23(31)24(21)34-18/h3-11,28-29H,2,12H2,1H3. The highest BCUT2D eigenvalue weighted by atomic mass is 16.5. The predicted octanol–water partition coefficient (Wildman–Crippen LogP) is 3.36. The Morgan fingerprint density at radius 1 is 1.09 bits per heavy atom. The minimum Gasteiger partial charge on any atom is -0.507 e. The number of ether oxygens (including phenoxy) is 2. The Labute approximate surface area is 193 Å². The predicted molar refractivity (Wildman–Crippen MR) is 119 cm³/mol. The van der Waals surface area contributed by atoms with Gasteiger partial charge in [-0.25, -0.2) is 4.79 Å². The molecule has 0 amide bonds. The second kappa shape index (κ2) is 8.04. The summed E-state index contributed by atoms with van der Waals surface area (Å²) in [6.45, 7) is 1.96. The lowest BCUT2D eigenvalue weighted by molar-refractivity contribution is 0.0526. The number of aromatic hydroxyl groups is 2. The van der Waals surface area contributed by atoms with Crippen LogP contribution in [0.25, 0.3) is 0 Å². The molecule has 0 atom stereocenters. The summed E-state index contributed by atoms with van der Waals surface area (Å²) in [5.41, 5.74) is 0.534. The summed E-state index contributed by atoms with van der Waals surface area (Å²) in [5.74, 6) is -2.89. The molecule has 0 unspecified atom stereocenters. The second-order valence-electron chi connectivity index (χ2n) is 7.63. The number of carbonyl (C=O) groups is 3. The smallest absolute Gasteiger partial charge is 0.338 e. The van der Waals surface area contributed by atoms with Crippen LogP contribution in [0.3, 0.4) is 0 Å². The number of esters is 1. The molecular weight excluding hydrogens is 440 g/mol. The average molecular weight is 458 g/mol. The number of phenols is 2. The van der Waals surface area contributed by atoms with Crippen LogP contribution in [-0.2, 0) is 11.3 Å². The molecule has 9 heteroatoms. The van der Waals surface area contributed by atoms with Crippen LogP contribution >= 0.6 is 0 Å². The fourth-order valence-electron chi connectivity index (χ4n) is 4.06. The maximum absolute atomic E-state index is 13.6. The van der Waals surface area contributed by atoms with Gasteiger partial charge in [-0.1, -0.05) is 0 Å². The highest BCUT2D eigenvalue weighted by Gasteiger charge is 2.42. The van der Waals surface area contributed by atoms with Crippen LogP contribution in [-0.4, -0.2) is 39.3 Å². The van der Waals surface area contributed by atoms with E-state index >= 15 is 0 Å². The van der Waals surface area contributed by atoms with Gasteiger partial charge in [0.25, 0.3) is 0 Å². The molecule has 0 saturated heterocycles. The van der Waals surface area contributed by atoms with Crippen LogP contribution in [0.4, 0.5) is 5.69 Å². The fourth-order valence-corrected chi connectivity index (χ4v) is 4.06. The van der Waals surface area contributed by atoms with E-state index in [0.29, 0.717) is 11.3 Å². The summed E-state index contributed by atoms with van der Waals surface area (Å²) in [6, 6.07) is 10.3. The van der Waals surface area contributed by atoms with Gasteiger partial charge in [0, 0.05) is 11.8 Å². The van der Waals surface area contributed by atoms with E-state index < -0.39 is 29.0 Å². The van der Waals surface area contributed by atoms with Crippen LogP contribution in [0.5, 0.6) is 17.2 Å². The summed E-state index contributed by atoms with van der Waals surface area (Å²) in [6.07, 6.45) is 3.08. The number of fused-ring (bicyclic) bond motifs is 2. The van der Waals surface area contributed by atoms with Crippen molar-refractivity contribution in [2.75, 3.05) is 11.5 Å². The maximum atomic E-state index is 13.6. The quantitative estimate of drug-likeness (QED) is 0.449. The molecule has 1 aromatic heterocycles. The Morgan fingerprint density at radius 3 is 2.50 bits per heavy atom. The number of ketones is 2. The molecule has 0 radical (unpaired) electrons. The van der Waals surface area contributed by atoms with E-state index in [-0.39, 0.29) is 47.0 Å². The molecule has 2 N–H and O–H groups in total. The zero-order valence-corrected chi connectivity index (χ0v) is 17.9. The van der Waals surface area contributed by atoms with E-state index in [2.05, 4.69) is 4.98 Å². The Kier molecular flexibility index (Phi) is 5.01. The van der Waals surface area contributed by atoms with Crippen molar-refractivity contribution in [1.82, 2.24) is 4.98 Å². The topological polar surface area (TPSA) is 126 Å². The van der Waals surface area contributed by atoms with Crippen LogP contribution in [0.15, 0.2) is 66.3 Å². The first-order chi connectivity index (χ1) is 16.4. The molecule has 0 spiro atoms. The number of aromatic nitrogens is 1. The Balaban J connectivity index is 1.72. The number of phenolic OH excluding ortho intramolecular Hbond substituents is 2. The van der Waals surface area contributed by atoms with Crippen molar-refractivity contribution in [3.63, 3.8) is 0 Å². The van der Waals surface area contributed by atoms with Crippen molar-refractivity contribution in [2.24, 2.45) is 0 Å². The van der Waals surface area contributed by atoms with E-state index in [9.17, 15) is 24.6 Å². The molecule has 1 aliphatic heterocycles. The molecule has 2 aromatic carbocycles. The molecule has 2 heterocycles. The number of Topliss-reactive ketones (excluding diaryl/α,β-unsaturated/α-hetero) is 2. The van der Waals surface area contributed by atoms with Crippen molar-refractivity contribution in [3.05, 3.63) is 88.6 Å². The molecular formula is C25H18N2O7. The van der Waals surface area contributed by atoms with Crippen molar-refractivity contribution in [2.45, 2.75) is 13.5 Å². The number of nitrogens with zero attached hydrogens (tertiary/aromatic N) is 2. The number of hydrogen-bond donors (Lipinski definition) is 2. The summed E-state index contributed by atoms with van der Waals surface area (Å²) >= 11 is 0. The largest absolute Gasteiger partial charge is 0.507 e. The number of benzene rings is 2. The lowest BCUT2D eigenvalue weighted by Gasteiger charge is -2.28. The number of hydrogen-bond acceptors (Lipinski definition) is 9. The third-order valence-corrected chi connectivity index (χ3v) is 5.59. The Bertz CT molecular complexity index is 1400. The third-order valence-electron chi connectivity index (χ3n) is 5.59. The molecule has 34 heavy (non-hydrogen) atoms. The Hall–Kier alpha value is -4.66. The van der Waals surface area contributed by atoms with Gasteiger partial charge in [-0.05, 0) is 49.4 Å². The van der Waals surface area contributed by atoms with Gasteiger partial charge in [0.2, 0.25) is 17.3 Å². The van der Waals surface area contributed by atoms with Crippen LogP contribution in [0, 0.1) is 0 Å². The highest BCUT2D eigenvalue weighted by molar-refractivity contribution is 6.29. The van der Waals surface area contributed by atoms with Gasteiger partial charge in [-0.15, -0.1) is 0 Å². The molecule has 2 aliphatic rings. The molecule has 9 nitrogen and oxygen atoms in total. The van der Waals surface area contributed by atoms with Crippen molar-refractivity contribution < 1.29 is 34.1 Å². The normalized spacial score (nSPS) is 14.6. The van der Waals surface area contributed by atoms with Gasteiger partial charge >= 0.3 is 5.97 Å². The summed E-state index contributed by atoms with van der Waals surface area (Å²) in [7, 11) is 0. The highest BCUT2D eigenvalue weighted by Crippen LogP contribution is 2.42. The van der Waals surface area contributed by atoms with Gasteiger partial charge in [-0.3, -0.25) is 14.6 Å². The van der Waals surface area contributed by atoms with Crippen LogP contribution < -0.4 is 9.64 Å². The van der Waals surface area contributed by atoms with Gasteiger partial charge in [-0.2, -0.15) is 0 Å². The monoisotopic (exact) mass is 458 g/mol. The zero-order chi connectivity index (χ0) is 24.0. The minimum atomic E-state index is -0.755. The van der Waals surface area contributed by atoms with E-state index in [0.717, 1.165) is 12.1 Å². The van der Waals surface area contributed by atoms with Crippen molar-refractivity contribution in [1.29, 1.82) is 0 Å². The number of anilines is 1. The molecule has 1 aliphatic carbocycles. The SMILES string of the molecule is CCOC(=O)c1ccc2c(c1)CN(c1cccnc1)C1=C(O2)C(=O)c2c(O)ccc(O)c2C1=O. The van der Waals surface area contributed by atoms with Gasteiger partial charge in [0.1, 0.15) is 22.9 Å². The molecule has 0 saturated carbocycles. The van der Waals surface area contributed by atoms with E-state index in [1.54, 1.807) is 31.3 Å². The lowest BCUT2D eigenvalue weighted by Crippen LogP contribution is -2.34. The van der Waals surface area contributed by atoms with E-state index in [4.69, 9.17) is 9.47 Å². The fraction of sp³-hybridized carbons (Fsp3) is 0.120. The van der Waals surface area contributed by atoms with Crippen molar-refractivity contribution in [3.8, 4) is 17.2 Å². The second-order valence-corrected chi connectivity index (χ2v) is 7.63. The maximum Gasteiger partial charge on any atom is 0.338 e. The summed E-state index contributed by atoms with van der Waals surface area (Å²) in [5, 5.41) is 20.7. The molecule has 3 aromatic rings. The van der Waals surface area contributed by atoms with Crippen LogP contribution in [0.2, 0.25) is 0 Å². The first-order valence-corrected chi connectivity index (χ1v) is 10.4. The van der Waals surface area contributed by atoms with E-state index in [1.165, 1.54) is 23.2 Å². The van der Waals surface area contributed by atoms with Gasteiger partial charge < -0.3 is 24.6 Å². The van der Waals surface area contributed by atoms with Gasteiger partial charge in [0.15, 0.2) is 0 Å². The first kappa shape index (κ1) is 21.2. The molecule has 5 rings (SSSR count). The summed E-state index contributed by atoms with van der Waals surface area (Å²) < 4.78 is 11.0. The minimum absolute atomic E-state index is 0.0566. The zero-order valence-electron chi connectivity index (χ0n) is 17.9. The molecule has 170 valence electrons. The number of rotatable bonds is 3. The van der Waals surface area contributed by atoms with Crippen LogP contribution in [0.1, 0.15) is 43.6 Å². The molecule has 0 bridgehead atoms. The van der Waals surface area contributed by atoms with Gasteiger partial charge in [0.05, 0.1) is 41.7 Å². The van der Waals surface area contributed by atoms with Crippen molar-refractivity contribution >= 4 is 23.2 Å².